The maximum atomic E-state index is 10.5. The molecule has 0 aliphatic rings. The number of anilines is 1. The second-order valence-corrected chi connectivity index (χ2v) is 4.01. The van der Waals surface area contributed by atoms with E-state index < -0.39 is 4.92 Å². The number of nitro groups is 1. The van der Waals surface area contributed by atoms with E-state index in [-0.39, 0.29) is 5.69 Å². The summed E-state index contributed by atoms with van der Waals surface area (Å²) in [4.78, 5) is 17.7. The topological polar surface area (TPSA) is 90.2 Å². The van der Waals surface area contributed by atoms with Gasteiger partial charge in [0.25, 0.3) is 0 Å². The fraction of sp³-hybridized carbons (Fsp3) is 0.231. The minimum absolute atomic E-state index is 0.125. The van der Waals surface area contributed by atoms with Crippen LogP contribution in [0.25, 0.3) is 0 Å². The van der Waals surface area contributed by atoms with Gasteiger partial charge in [0.2, 0.25) is 5.95 Å². The highest BCUT2D eigenvalue weighted by atomic mass is 16.6. The molecule has 20 heavy (non-hydrogen) atoms. The third kappa shape index (κ3) is 3.41. The number of nitrogens with one attached hydrogen (secondary N) is 1. The molecule has 1 aromatic heterocycles. The van der Waals surface area contributed by atoms with Gasteiger partial charge in [-0.15, -0.1) is 0 Å². The van der Waals surface area contributed by atoms with Gasteiger partial charge in [0.15, 0.2) is 0 Å². The number of nitrogens with zero attached hydrogens (tertiary/aromatic N) is 3. The summed E-state index contributed by atoms with van der Waals surface area (Å²) in [5.74, 6) is 1.20. The standard InChI is InChI=1S/C13H14N4O3/c1-20-12-5-3-2-4-10(12)6-7-14-13-15-8-11(9-16-13)17(18)19/h2-5,8-9H,6-7H2,1H3,(H,14,15,16). The van der Waals surface area contributed by atoms with Crippen LogP contribution in [0.3, 0.4) is 0 Å². The maximum Gasteiger partial charge on any atom is 0.305 e. The summed E-state index contributed by atoms with van der Waals surface area (Å²) >= 11 is 0. The summed E-state index contributed by atoms with van der Waals surface area (Å²) in [5.41, 5.74) is 0.949. The highest BCUT2D eigenvalue weighted by molar-refractivity contribution is 5.35. The van der Waals surface area contributed by atoms with Crippen LogP contribution in [0, 0.1) is 10.1 Å². The van der Waals surface area contributed by atoms with Crippen molar-refractivity contribution < 1.29 is 9.66 Å². The number of hydrogen-bond acceptors (Lipinski definition) is 6. The molecule has 0 saturated heterocycles. The molecule has 0 amide bonds. The molecule has 0 fully saturated rings. The Hall–Kier alpha value is -2.70. The number of hydrogen-bond donors (Lipinski definition) is 1. The first-order chi connectivity index (χ1) is 9.70. The zero-order chi connectivity index (χ0) is 14.4. The first-order valence-corrected chi connectivity index (χ1v) is 6.03. The smallest absolute Gasteiger partial charge is 0.305 e. The molecule has 1 aromatic carbocycles. The van der Waals surface area contributed by atoms with Crippen LogP contribution >= 0.6 is 0 Å². The quantitative estimate of drug-likeness (QED) is 0.640. The van der Waals surface area contributed by atoms with Gasteiger partial charge in [-0.2, -0.15) is 0 Å². The second kappa shape index (κ2) is 6.46. The molecule has 0 bridgehead atoms. The number of aromatic nitrogens is 2. The molecule has 0 aliphatic heterocycles. The van der Waals surface area contributed by atoms with Crippen molar-refractivity contribution in [1.29, 1.82) is 0 Å². The van der Waals surface area contributed by atoms with Crippen molar-refractivity contribution in [3.05, 3.63) is 52.3 Å². The molecule has 2 rings (SSSR count). The Morgan fingerprint density at radius 2 is 2.00 bits per heavy atom. The lowest BCUT2D eigenvalue weighted by Gasteiger charge is -2.08. The zero-order valence-corrected chi connectivity index (χ0v) is 10.9. The van der Waals surface area contributed by atoms with E-state index in [4.69, 9.17) is 4.74 Å². The molecule has 0 atom stereocenters. The van der Waals surface area contributed by atoms with Crippen molar-refractivity contribution in [2.75, 3.05) is 19.0 Å². The van der Waals surface area contributed by atoms with Gasteiger partial charge >= 0.3 is 5.69 Å². The average molecular weight is 274 g/mol. The van der Waals surface area contributed by atoms with Crippen molar-refractivity contribution in [2.45, 2.75) is 6.42 Å². The van der Waals surface area contributed by atoms with Crippen LogP contribution in [0.1, 0.15) is 5.56 Å². The van der Waals surface area contributed by atoms with E-state index in [0.29, 0.717) is 12.5 Å². The van der Waals surface area contributed by atoms with Gasteiger partial charge < -0.3 is 10.1 Å². The van der Waals surface area contributed by atoms with E-state index in [1.165, 1.54) is 12.4 Å². The number of methoxy groups -OCH3 is 1. The second-order valence-electron chi connectivity index (χ2n) is 4.01. The predicted octanol–water partition coefficient (Wildman–Crippen LogP) is 2.05. The monoisotopic (exact) mass is 274 g/mol. The first-order valence-electron chi connectivity index (χ1n) is 6.03. The predicted molar refractivity (Wildman–Crippen MR) is 73.9 cm³/mol. The van der Waals surface area contributed by atoms with E-state index in [9.17, 15) is 10.1 Å². The largest absolute Gasteiger partial charge is 0.496 e. The molecule has 0 aliphatic carbocycles. The Morgan fingerprint density at radius 1 is 1.30 bits per heavy atom. The Morgan fingerprint density at radius 3 is 2.65 bits per heavy atom. The lowest BCUT2D eigenvalue weighted by atomic mass is 10.1. The van der Waals surface area contributed by atoms with Crippen LogP contribution in [0.15, 0.2) is 36.7 Å². The molecule has 0 saturated carbocycles. The fourth-order valence-corrected chi connectivity index (χ4v) is 1.73. The van der Waals surface area contributed by atoms with Crippen molar-refractivity contribution >= 4 is 11.6 Å². The number of rotatable bonds is 6. The van der Waals surface area contributed by atoms with E-state index in [1.54, 1.807) is 7.11 Å². The van der Waals surface area contributed by atoms with Crippen molar-refractivity contribution in [3.8, 4) is 5.75 Å². The van der Waals surface area contributed by atoms with Crippen LogP contribution in [0.2, 0.25) is 0 Å². The van der Waals surface area contributed by atoms with Crippen LogP contribution in [-0.2, 0) is 6.42 Å². The summed E-state index contributed by atoms with van der Waals surface area (Å²) in [7, 11) is 1.63. The zero-order valence-electron chi connectivity index (χ0n) is 10.9. The molecule has 104 valence electrons. The molecule has 0 spiro atoms. The lowest BCUT2D eigenvalue weighted by Crippen LogP contribution is -2.08. The SMILES string of the molecule is COc1ccccc1CCNc1ncc([N+](=O)[O-])cn1. The summed E-state index contributed by atoms with van der Waals surface area (Å²) in [6.45, 7) is 0.609. The Balaban J connectivity index is 1.91. The van der Waals surface area contributed by atoms with Crippen molar-refractivity contribution in [3.63, 3.8) is 0 Å². The number of benzene rings is 1. The molecule has 7 heteroatoms. The molecule has 0 radical (unpaired) electrons. The fourth-order valence-electron chi connectivity index (χ4n) is 1.73. The third-order valence-corrected chi connectivity index (χ3v) is 2.72. The van der Waals surface area contributed by atoms with E-state index in [1.807, 2.05) is 24.3 Å². The summed E-state index contributed by atoms with van der Waals surface area (Å²) in [6, 6.07) is 7.74. The van der Waals surface area contributed by atoms with Gasteiger partial charge in [0, 0.05) is 6.54 Å². The summed E-state index contributed by atoms with van der Waals surface area (Å²) in [6.07, 6.45) is 3.10. The molecular weight excluding hydrogens is 260 g/mol. The van der Waals surface area contributed by atoms with Crippen LogP contribution in [0.4, 0.5) is 11.6 Å². The Labute approximate surface area is 115 Å². The Bertz CT molecular complexity index is 586. The highest BCUT2D eigenvalue weighted by Crippen LogP contribution is 2.17. The van der Waals surface area contributed by atoms with Crippen LogP contribution in [-0.4, -0.2) is 28.5 Å². The minimum Gasteiger partial charge on any atom is -0.496 e. The summed E-state index contributed by atoms with van der Waals surface area (Å²) < 4.78 is 5.26. The van der Waals surface area contributed by atoms with Gasteiger partial charge in [-0.25, -0.2) is 9.97 Å². The van der Waals surface area contributed by atoms with Crippen LogP contribution < -0.4 is 10.1 Å². The lowest BCUT2D eigenvalue weighted by molar-refractivity contribution is -0.385. The molecule has 1 heterocycles. The van der Waals surface area contributed by atoms with E-state index in [0.717, 1.165) is 17.7 Å². The van der Waals surface area contributed by atoms with Gasteiger partial charge in [0.1, 0.15) is 18.1 Å². The van der Waals surface area contributed by atoms with Crippen molar-refractivity contribution in [2.24, 2.45) is 0 Å². The third-order valence-electron chi connectivity index (χ3n) is 2.72. The maximum absolute atomic E-state index is 10.5. The minimum atomic E-state index is -0.529. The van der Waals surface area contributed by atoms with Gasteiger partial charge in [0.05, 0.1) is 12.0 Å². The molecular formula is C13H14N4O3. The summed E-state index contributed by atoms with van der Waals surface area (Å²) in [5, 5.41) is 13.5. The highest BCUT2D eigenvalue weighted by Gasteiger charge is 2.06. The Kier molecular flexibility index (Phi) is 4.43. The van der Waals surface area contributed by atoms with Gasteiger partial charge in [-0.05, 0) is 18.1 Å². The average Bonchev–Trinajstić information content (AvgIpc) is 2.48. The molecule has 7 nitrogen and oxygen atoms in total. The van der Waals surface area contributed by atoms with Gasteiger partial charge in [-0.3, -0.25) is 10.1 Å². The van der Waals surface area contributed by atoms with E-state index >= 15 is 0 Å². The number of ether oxygens (including phenoxy) is 1. The van der Waals surface area contributed by atoms with Crippen molar-refractivity contribution in [1.82, 2.24) is 9.97 Å². The number of para-hydroxylation sites is 1. The molecule has 1 N–H and O–H groups in total. The molecule has 0 unspecified atom stereocenters. The van der Waals surface area contributed by atoms with E-state index in [2.05, 4.69) is 15.3 Å². The normalized spacial score (nSPS) is 10.1. The molecule has 2 aromatic rings. The first kappa shape index (κ1) is 13.7. The van der Waals surface area contributed by atoms with Crippen LogP contribution in [0.5, 0.6) is 5.75 Å². The van der Waals surface area contributed by atoms with Gasteiger partial charge in [-0.1, -0.05) is 18.2 Å².